The zero-order valence-corrected chi connectivity index (χ0v) is 11.8. The molecule has 0 atom stereocenters. The van der Waals surface area contributed by atoms with E-state index in [9.17, 15) is 4.79 Å². The molecule has 0 radical (unpaired) electrons. The number of aryl methyl sites for hydroxylation is 1. The molecule has 106 valence electrons. The first-order chi connectivity index (χ1) is 10.1. The van der Waals surface area contributed by atoms with E-state index < -0.39 is 0 Å². The number of rotatable bonds is 3. The van der Waals surface area contributed by atoms with Gasteiger partial charge in [-0.05, 0) is 24.3 Å². The molecule has 1 N–H and O–H groups in total. The van der Waals surface area contributed by atoms with Gasteiger partial charge in [-0.3, -0.25) is 9.48 Å². The van der Waals surface area contributed by atoms with Crippen molar-refractivity contribution in [2.24, 2.45) is 7.05 Å². The van der Waals surface area contributed by atoms with E-state index >= 15 is 0 Å². The smallest absolute Gasteiger partial charge is 0.279 e. The number of anilines is 1. The van der Waals surface area contributed by atoms with Crippen LogP contribution in [0.15, 0.2) is 47.1 Å². The average molecular weight is 303 g/mol. The fourth-order valence-electron chi connectivity index (χ4n) is 1.79. The van der Waals surface area contributed by atoms with Crippen LogP contribution in [0.4, 0.5) is 5.82 Å². The summed E-state index contributed by atoms with van der Waals surface area (Å²) >= 11 is 5.83. The predicted molar refractivity (Wildman–Crippen MR) is 78.1 cm³/mol. The molecule has 0 saturated carbocycles. The molecule has 21 heavy (non-hydrogen) atoms. The molecule has 0 aliphatic carbocycles. The standard InChI is InChI=1S/C14H11ClN4O2/c1-19-7-6-13(17-19)16-14(20)11-8-12(21-18-11)9-2-4-10(15)5-3-9/h2-8H,1H3,(H,16,17,20). The maximum absolute atomic E-state index is 12.0. The van der Waals surface area contributed by atoms with Gasteiger partial charge in [-0.25, -0.2) is 0 Å². The largest absolute Gasteiger partial charge is 0.355 e. The molecular formula is C14H11ClN4O2. The second-order valence-electron chi connectivity index (χ2n) is 4.41. The van der Waals surface area contributed by atoms with Gasteiger partial charge in [0.15, 0.2) is 17.3 Å². The number of carbonyl (C=O) groups is 1. The first-order valence-corrected chi connectivity index (χ1v) is 6.53. The highest BCUT2D eigenvalue weighted by Crippen LogP contribution is 2.22. The van der Waals surface area contributed by atoms with Gasteiger partial charge in [0.25, 0.3) is 5.91 Å². The quantitative estimate of drug-likeness (QED) is 0.807. The minimum atomic E-state index is -0.377. The number of aromatic nitrogens is 3. The van der Waals surface area contributed by atoms with Crippen LogP contribution in [0.5, 0.6) is 0 Å². The van der Waals surface area contributed by atoms with Gasteiger partial charge in [-0.15, -0.1) is 0 Å². The topological polar surface area (TPSA) is 73.0 Å². The summed E-state index contributed by atoms with van der Waals surface area (Å²) in [6, 6.07) is 10.3. The van der Waals surface area contributed by atoms with Crippen LogP contribution in [0.1, 0.15) is 10.5 Å². The molecule has 1 aromatic carbocycles. The second-order valence-corrected chi connectivity index (χ2v) is 4.85. The van der Waals surface area contributed by atoms with Crippen molar-refractivity contribution in [3.8, 4) is 11.3 Å². The summed E-state index contributed by atoms with van der Waals surface area (Å²) in [4.78, 5) is 12.0. The maximum atomic E-state index is 12.0. The number of nitrogens with one attached hydrogen (secondary N) is 1. The minimum absolute atomic E-state index is 0.186. The Balaban J connectivity index is 1.78. The lowest BCUT2D eigenvalue weighted by Gasteiger charge is -1.96. The minimum Gasteiger partial charge on any atom is -0.355 e. The Labute approximate surface area is 125 Å². The van der Waals surface area contributed by atoms with Gasteiger partial charge in [-0.2, -0.15) is 5.10 Å². The summed E-state index contributed by atoms with van der Waals surface area (Å²) in [7, 11) is 1.77. The molecule has 0 fully saturated rings. The van der Waals surface area contributed by atoms with Crippen LogP contribution in [0.2, 0.25) is 5.02 Å². The Morgan fingerprint density at radius 2 is 2.05 bits per heavy atom. The van der Waals surface area contributed by atoms with Gasteiger partial charge in [0.05, 0.1) is 0 Å². The summed E-state index contributed by atoms with van der Waals surface area (Å²) in [5.74, 6) is 0.578. The van der Waals surface area contributed by atoms with Crippen LogP contribution >= 0.6 is 11.6 Å². The third kappa shape index (κ3) is 2.95. The van der Waals surface area contributed by atoms with Gasteiger partial charge in [0.1, 0.15) is 0 Å². The van der Waals surface area contributed by atoms with Crippen LogP contribution in [0.25, 0.3) is 11.3 Å². The number of amides is 1. The van der Waals surface area contributed by atoms with E-state index in [1.807, 2.05) is 0 Å². The molecule has 0 saturated heterocycles. The average Bonchev–Trinajstić information content (AvgIpc) is 3.09. The highest BCUT2D eigenvalue weighted by atomic mass is 35.5. The number of hydrogen-bond acceptors (Lipinski definition) is 4. The van der Waals surface area contributed by atoms with Crippen molar-refractivity contribution >= 4 is 23.3 Å². The maximum Gasteiger partial charge on any atom is 0.279 e. The Morgan fingerprint density at radius 1 is 1.29 bits per heavy atom. The van der Waals surface area contributed by atoms with Crippen molar-refractivity contribution in [2.45, 2.75) is 0 Å². The van der Waals surface area contributed by atoms with E-state index in [1.165, 1.54) is 0 Å². The van der Waals surface area contributed by atoms with Crippen molar-refractivity contribution in [1.29, 1.82) is 0 Å². The molecule has 2 heterocycles. The van der Waals surface area contributed by atoms with Gasteiger partial charge < -0.3 is 9.84 Å². The first-order valence-electron chi connectivity index (χ1n) is 6.15. The lowest BCUT2D eigenvalue weighted by Crippen LogP contribution is -2.12. The lowest BCUT2D eigenvalue weighted by atomic mass is 10.1. The van der Waals surface area contributed by atoms with Gasteiger partial charge in [0, 0.05) is 36.0 Å². The monoisotopic (exact) mass is 302 g/mol. The van der Waals surface area contributed by atoms with E-state index in [0.29, 0.717) is 16.6 Å². The van der Waals surface area contributed by atoms with Gasteiger partial charge in [-0.1, -0.05) is 16.8 Å². The lowest BCUT2D eigenvalue weighted by molar-refractivity contribution is 0.101. The molecule has 0 spiro atoms. The summed E-state index contributed by atoms with van der Waals surface area (Å²) < 4.78 is 6.77. The van der Waals surface area contributed by atoms with E-state index in [4.69, 9.17) is 16.1 Å². The highest BCUT2D eigenvalue weighted by molar-refractivity contribution is 6.30. The molecule has 3 rings (SSSR count). The summed E-state index contributed by atoms with van der Waals surface area (Å²) in [6.07, 6.45) is 1.73. The number of hydrogen-bond donors (Lipinski definition) is 1. The number of halogens is 1. The summed E-state index contributed by atoms with van der Waals surface area (Å²) in [5, 5.41) is 11.1. The third-order valence-electron chi connectivity index (χ3n) is 2.83. The van der Waals surface area contributed by atoms with Crippen molar-refractivity contribution in [3.63, 3.8) is 0 Å². The molecular weight excluding hydrogens is 292 g/mol. The van der Waals surface area contributed by atoms with Crippen molar-refractivity contribution in [1.82, 2.24) is 14.9 Å². The molecule has 0 aliphatic rings. The molecule has 0 unspecified atom stereocenters. The van der Waals surface area contributed by atoms with E-state index in [2.05, 4.69) is 15.6 Å². The predicted octanol–water partition coefficient (Wildman–Crippen LogP) is 2.98. The zero-order valence-electron chi connectivity index (χ0n) is 11.1. The van der Waals surface area contributed by atoms with E-state index in [1.54, 1.807) is 54.3 Å². The van der Waals surface area contributed by atoms with Crippen LogP contribution in [-0.2, 0) is 7.05 Å². The van der Waals surface area contributed by atoms with Crippen molar-refractivity contribution in [2.75, 3.05) is 5.32 Å². The Morgan fingerprint density at radius 3 is 2.71 bits per heavy atom. The highest BCUT2D eigenvalue weighted by Gasteiger charge is 2.14. The fraction of sp³-hybridized carbons (Fsp3) is 0.0714. The Kier molecular flexibility index (Phi) is 3.45. The SMILES string of the molecule is Cn1ccc(NC(=O)c2cc(-c3ccc(Cl)cc3)on2)n1. The molecule has 1 amide bonds. The molecule has 7 heteroatoms. The van der Waals surface area contributed by atoms with Crippen LogP contribution in [-0.4, -0.2) is 20.8 Å². The van der Waals surface area contributed by atoms with E-state index in [-0.39, 0.29) is 11.6 Å². The van der Waals surface area contributed by atoms with E-state index in [0.717, 1.165) is 5.56 Å². The summed E-state index contributed by atoms with van der Waals surface area (Å²) in [5.41, 5.74) is 0.981. The Hall–Kier alpha value is -2.60. The number of carbonyl (C=O) groups excluding carboxylic acids is 1. The van der Waals surface area contributed by atoms with Crippen molar-refractivity contribution < 1.29 is 9.32 Å². The normalized spacial score (nSPS) is 10.6. The number of benzene rings is 1. The molecule has 6 nitrogen and oxygen atoms in total. The Bertz CT molecular complexity index is 776. The second kappa shape index (κ2) is 5.41. The first kappa shape index (κ1) is 13.4. The summed E-state index contributed by atoms with van der Waals surface area (Å²) in [6.45, 7) is 0. The van der Waals surface area contributed by atoms with Crippen LogP contribution in [0, 0.1) is 0 Å². The van der Waals surface area contributed by atoms with Gasteiger partial charge in [0.2, 0.25) is 0 Å². The zero-order chi connectivity index (χ0) is 14.8. The van der Waals surface area contributed by atoms with Gasteiger partial charge >= 0.3 is 0 Å². The van der Waals surface area contributed by atoms with Crippen LogP contribution in [0.3, 0.4) is 0 Å². The molecule has 0 aliphatic heterocycles. The molecule has 3 aromatic rings. The third-order valence-corrected chi connectivity index (χ3v) is 3.08. The molecule has 2 aromatic heterocycles. The fourth-order valence-corrected chi connectivity index (χ4v) is 1.92. The van der Waals surface area contributed by atoms with Crippen molar-refractivity contribution in [3.05, 3.63) is 53.3 Å². The van der Waals surface area contributed by atoms with Crippen LogP contribution < -0.4 is 5.32 Å². The number of nitrogens with zero attached hydrogens (tertiary/aromatic N) is 3. The molecule has 0 bridgehead atoms.